The van der Waals surface area contributed by atoms with Gasteiger partial charge in [0.1, 0.15) is 0 Å². The fourth-order valence-electron chi connectivity index (χ4n) is 0. The van der Waals surface area contributed by atoms with Gasteiger partial charge in [-0.05, 0) is 0 Å². The van der Waals surface area contributed by atoms with E-state index in [1.54, 1.807) is 0 Å². The van der Waals surface area contributed by atoms with Crippen LogP contribution < -0.4 is 54.3 Å². The van der Waals surface area contributed by atoms with Crippen molar-refractivity contribution in [2.45, 2.75) is 0 Å². The van der Waals surface area contributed by atoms with Crippen molar-refractivity contribution in [3.8, 4) is 0 Å². The van der Waals surface area contributed by atoms with E-state index < -0.39 is 0 Å². The monoisotopic (exact) mass is 207 g/mol. The maximum absolute atomic E-state index is 0. The molecule has 6 heteroatoms. The van der Waals surface area contributed by atoms with Crippen LogP contribution in [0.3, 0.4) is 0 Å². The predicted molar refractivity (Wildman–Crippen MR) is 0 cm³/mol. The molecule has 42 valence electrons. The van der Waals surface area contributed by atoms with Crippen LogP contribution in [0.5, 0.6) is 0 Å². The Morgan fingerprint density at radius 1 is 0.500 bits per heavy atom. The second kappa shape index (κ2) is 70.4. The summed E-state index contributed by atoms with van der Waals surface area (Å²) in [6.07, 6.45) is 0. The number of halogens is 5. The van der Waals surface area contributed by atoms with E-state index in [4.69, 9.17) is 0 Å². The topological polar surface area (TPSA) is 0 Å². The van der Waals surface area contributed by atoms with E-state index in [0.717, 1.165) is 0 Å². The van der Waals surface area contributed by atoms with Crippen molar-refractivity contribution in [2.24, 2.45) is 0 Å². The standard InChI is InChI=1S/4ClH.FH.Ti/h5*1H;/q;;;;;+2/p-5. The van der Waals surface area contributed by atoms with Crippen molar-refractivity contribution in [3.05, 3.63) is 0 Å². The van der Waals surface area contributed by atoms with E-state index in [1.165, 1.54) is 0 Å². The third-order valence-corrected chi connectivity index (χ3v) is 0. The van der Waals surface area contributed by atoms with Gasteiger partial charge in [-0.25, -0.2) is 0 Å². The van der Waals surface area contributed by atoms with Gasteiger partial charge in [-0.3, -0.25) is 0 Å². The van der Waals surface area contributed by atoms with Crippen LogP contribution in [0.1, 0.15) is 0 Å². The summed E-state index contributed by atoms with van der Waals surface area (Å²) in [6.45, 7) is 0. The van der Waals surface area contributed by atoms with Gasteiger partial charge in [0.05, 0.1) is 0 Å². The Kier molecular flexibility index (Phi) is 1300. The maximum atomic E-state index is 0. The van der Waals surface area contributed by atoms with Crippen molar-refractivity contribution in [1.29, 1.82) is 0 Å². The molecule has 0 fully saturated rings. The summed E-state index contributed by atoms with van der Waals surface area (Å²) < 4.78 is 0. The third kappa shape index (κ3) is 41.2. The van der Waals surface area contributed by atoms with Gasteiger partial charge in [0.2, 0.25) is 0 Å². The summed E-state index contributed by atoms with van der Waals surface area (Å²) in [6, 6.07) is 0. The van der Waals surface area contributed by atoms with Gasteiger partial charge in [0.25, 0.3) is 0 Å². The molecule has 0 spiro atoms. The van der Waals surface area contributed by atoms with Gasteiger partial charge in [-0.2, -0.15) is 0 Å². The molecule has 0 aromatic rings. The molecule has 0 aliphatic rings. The summed E-state index contributed by atoms with van der Waals surface area (Å²) in [7, 11) is 0. The molecule has 0 aromatic heterocycles. The quantitative estimate of drug-likeness (QED) is 0.347. The summed E-state index contributed by atoms with van der Waals surface area (Å²) in [4.78, 5) is 0. The molecule has 0 unspecified atom stereocenters. The first-order chi connectivity index (χ1) is 0. The Balaban J connectivity index is 0. The van der Waals surface area contributed by atoms with Crippen molar-refractivity contribution >= 4 is 0 Å². The molecule has 0 atom stereocenters. The Hall–Kier alpha value is 1.80. The van der Waals surface area contributed by atoms with Gasteiger partial charge >= 0.3 is 21.7 Å². The fraction of sp³-hybridized carbons (Fsp3) is 0. The van der Waals surface area contributed by atoms with E-state index in [1.807, 2.05) is 0 Å². The first kappa shape index (κ1) is 111. The van der Waals surface area contributed by atoms with E-state index in [-0.39, 0.29) is 76.1 Å². The summed E-state index contributed by atoms with van der Waals surface area (Å²) in [5.41, 5.74) is 0. The van der Waals surface area contributed by atoms with Crippen LogP contribution in [0, 0.1) is 0 Å². The van der Waals surface area contributed by atoms with Crippen LogP contribution in [0.4, 0.5) is 0 Å². The van der Waals surface area contributed by atoms with Gasteiger partial charge in [-0.15, -0.1) is 0 Å². The van der Waals surface area contributed by atoms with E-state index in [0.29, 0.717) is 0 Å². The predicted octanol–water partition coefficient (Wildman–Crippen LogP) is -15.0. The van der Waals surface area contributed by atoms with Crippen LogP contribution in [0.2, 0.25) is 0 Å². The fourth-order valence-corrected chi connectivity index (χ4v) is 0. The van der Waals surface area contributed by atoms with E-state index >= 15 is 0 Å². The molecule has 0 bridgehead atoms. The van der Waals surface area contributed by atoms with Gasteiger partial charge < -0.3 is 54.3 Å². The Morgan fingerprint density at radius 3 is 0.500 bits per heavy atom. The second-order valence-corrected chi connectivity index (χ2v) is 0. The number of rotatable bonds is 0. The number of hydrogen-bond acceptors (Lipinski definition) is 0. The molecule has 0 radical (unpaired) electrons. The SMILES string of the molecule is [Cl-].[Cl-].[Cl-].[Cl-].[F-].[Ti+2]. The molecule has 0 amide bonds. The third-order valence-electron chi connectivity index (χ3n) is 0. The molecule has 0 saturated carbocycles. The Bertz CT molecular complexity index is 7.51. The minimum Gasteiger partial charge on any atom is -1.00 e. The number of hydrogen-bond donors (Lipinski definition) is 0. The average Bonchev–Trinajstić information content (AvgIpc) is 0. The van der Waals surface area contributed by atoms with Gasteiger partial charge in [-0.1, -0.05) is 0 Å². The molecule has 6 heavy (non-hydrogen) atoms. The van der Waals surface area contributed by atoms with Crippen LogP contribution in [-0.4, -0.2) is 0 Å². The normalized spacial score (nSPS) is 0. The first-order valence-electron chi connectivity index (χ1n) is 0. The molecule has 0 aromatic carbocycles. The van der Waals surface area contributed by atoms with Gasteiger partial charge in [0, 0.05) is 0 Å². The molecule has 0 N–H and O–H groups in total. The van der Waals surface area contributed by atoms with E-state index in [9.17, 15) is 0 Å². The molecular formula is Cl4FTi-3. The molecule has 0 saturated heterocycles. The van der Waals surface area contributed by atoms with Crippen LogP contribution in [-0.2, 0) is 21.7 Å². The zero-order valence-electron chi connectivity index (χ0n) is 2.39. The van der Waals surface area contributed by atoms with Crippen molar-refractivity contribution in [2.75, 3.05) is 0 Å². The second-order valence-electron chi connectivity index (χ2n) is 0. The van der Waals surface area contributed by atoms with E-state index in [2.05, 4.69) is 0 Å². The van der Waals surface area contributed by atoms with Crippen LogP contribution >= 0.6 is 0 Å². The Labute approximate surface area is 75.7 Å². The largest absolute Gasteiger partial charge is 2.00 e. The Morgan fingerprint density at radius 2 is 0.500 bits per heavy atom. The van der Waals surface area contributed by atoms with Crippen molar-refractivity contribution in [3.63, 3.8) is 0 Å². The summed E-state index contributed by atoms with van der Waals surface area (Å²) >= 11 is 0. The van der Waals surface area contributed by atoms with Crippen molar-refractivity contribution in [1.82, 2.24) is 0 Å². The summed E-state index contributed by atoms with van der Waals surface area (Å²) in [5, 5.41) is 0. The summed E-state index contributed by atoms with van der Waals surface area (Å²) in [5.74, 6) is 0. The molecule has 0 aliphatic carbocycles. The smallest absolute Gasteiger partial charge is 1.00 e. The average molecular weight is 209 g/mol. The molecule has 0 nitrogen and oxygen atoms in total. The molecule has 0 aliphatic heterocycles. The van der Waals surface area contributed by atoms with Gasteiger partial charge in [0.15, 0.2) is 0 Å². The van der Waals surface area contributed by atoms with Crippen LogP contribution in [0.25, 0.3) is 0 Å². The molecule has 0 heterocycles. The van der Waals surface area contributed by atoms with Crippen molar-refractivity contribution < 1.29 is 76.1 Å². The zero-order valence-corrected chi connectivity index (χ0v) is 6.98. The zero-order chi connectivity index (χ0) is 0. The minimum atomic E-state index is 0. The van der Waals surface area contributed by atoms with Crippen LogP contribution in [0.15, 0.2) is 0 Å². The molecule has 0 rings (SSSR count). The molecular weight excluding hydrogens is 209 g/mol. The first-order valence-corrected chi connectivity index (χ1v) is 0. The maximum Gasteiger partial charge on any atom is 2.00 e. The minimum absolute atomic E-state index is 0.